The second kappa shape index (κ2) is 10.0. The number of benzene rings is 5. The third kappa shape index (κ3) is 5.40. The molecule has 0 saturated carbocycles. The summed E-state index contributed by atoms with van der Waals surface area (Å²) in [5.41, 5.74) is 5.23. The van der Waals surface area contributed by atoms with E-state index in [0.717, 1.165) is 62.8 Å². The molecule has 1 heterocycles. The van der Waals surface area contributed by atoms with Gasteiger partial charge in [-0.05, 0) is 93.9 Å². The molecule has 0 spiro atoms. The van der Waals surface area contributed by atoms with Crippen LogP contribution in [0, 0.1) is 0 Å². The normalized spacial score (nSPS) is 12.8. The highest BCUT2D eigenvalue weighted by Crippen LogP contribution is 2.39. The lowest BCUT2D eigenvalue weighted by atomic mass is 9.86. The van der Waals surface area contributed by atoms with Crippen molar-refractivity contribution in [2.45, 2.75) is 38.5 Å². The zero-order chi connectivity index (χ0) is 30.7. The molecule has 6 aromatic rings. The van der Waals surface area contributed by atoms with Crippen molar-refractivity contribution >= 4 is 21.8 Å². The zero-order valence-electron chi connectivity index (χ0n) is 23.6. The van der Waals surface area contributed by atoms with E-state index in [1.807, 2.05) is 34.9 Å². The van der Waals surface area contributed by atoms with Crippen LogP contribution >= 0.6 is 0 Å². The molecular formula is C36H27F6N. The first-order chi connectivity index (χ1) is 20.2. The number of nitrogens with zero attached hydrogens (tertiary/aromatic N) is 1. The van der Waals surface area contributed by atoms with Gasteiger partial charge >= 0.3 is 12.4 Å². The number of aromatic nitrogens is 1. The summed E-state index contributed by atoms with van der Waals surface area (Å²) < 4.78 is 81.2. The first-order valence-corrected chi connectivity index (χ1v) is 13.7. The van der Waals surface area contributed by atoms with Crippen molar-refractivity contribution < 1.29 is 26.3 Å². The molecule has 0 N–H and O–H groups in total. The Kier molecular flexibility index (Phi) is 6.68. The number of fused-ring (bicyclic) bond motifs is 3. The van der Waals surface area contributed by atoms with Crippen LogP contribution in [0.4, 0.5) is 26.3 Å². The van der Waals surface area contributed by atoms with Gasteiger partial charge in [-0.15, -0.1) is 0 Å². The van der Waals surface area contributed by atoms with Crippen molar-refractivity contribution in [2.75, 3.05) is 0 Å². The molecule has 0 atom stereocenters. The summed E-state index contributed by atoms with van der Waals surface area (Å²) in [6, 6.07) is 30.0. The Morgan fingerprint density at radius 1 is 0.419 bits per heavy atom. The van der Waals surface area contributed by atoms with Crippen molar-refractivity contribution in [3.63, 3.8) is 0 Å². The van der Waals surface area contributed by atoms with Gasteiger partial charge in [0.15, 0.2) is 0 Å². The lowest BCUT2D eigenvalue weighted by Gasteiger charge is -2.19. The van der Waals surface area contributed by atoms with Gasteiger partial charge in [-0.25, -0.2) is 0 Å². The van der Waals surface area contributed by atoms with Crippen LogP contribution < -0.4 is 0 Å². The van der Waals surface area contributed by atoms with E-state index in [-0.39, 0.29) is 5.41 Å². The monoisotopic (exact) mass is 587 g/mol. The summed E-state index contributed by atoms with van der Waals surface area (Å²) in [7, 11) is 0. The summed E-state index contributed by atoms with van der Waals surface area (Å²) in [4.78, 5) is 0. The van der Waals surface area contributed by atoms with Crippen LogP contribution in [-0.4, -0.2) is 4.57 Å². The summed E-state index contributed by atoms with van der Waals surface area (Å²) in [6.45, 7) is 6.45. The van der Waals surface area contributed by atoms with Crippen LogP contribution in [0.25, 0.3) is 49.7 Å². The summed E-state index contributed by atoms with van der Waals surface area (Å²) in [5, 5.41) is 1.71. The van der Waals surface area contributed by atoms with Gasteiger partial charge in [0.25, 0.3) is 0 Å². The molecule has 7 heteroatoms. The van der Waals surface area contributed by atoms with Crippen LogP contribution in [0.3, 0.4) is 0 Å². The van der Waals surface area contributed by atoms with E-state index in [4.69, 9.17) is 0 Å². The molecule has 5 aromatic carbocycles. The molecule has 0 radical (unpaired) electrons. The van der Waals surface area contributed by atoms with Gasteiger partial charge in [-0.1, -0.05) is 69.3 Å². The van der Waals surface area contributed by atoms with Crippen molar-refractivity contribution in [1.29, 1.82) is 0 Å². The van der Waals surface area contributed by atoms with Crippen LogP contribution in [0.15, 0.2) is 109 Å². The molecular weight excluding hydrogens is 560 g/mol. The molecule has 0 saturated heterocycles. The number of hydrogen-bond acceptors (Lipinski definition) is 0. The fraction of sp³-hybridized carbons (Fsp3) is 0.167. The first-order valence-electron chi connectivity index (χ1n) is 13.7. The first kappa shape index (κ1) is 28.6. The SMILES string of the molecule is CC(C)(C)c1ccc(-c2ccc3c(c2)c2cc(-c4ccc(C(F)(F)F)cc4)ccc2n3-c2ccc(C(F)(F)F)cc2)cc1. The summed E-state index contributed by atoms with van der Waals surface area (Å²) in [5.74, 6) is 0. The van der Waals surface area contributed by atoms with Crippen molar-refractivity contribution in [3.05, 3.63) is 126 Å². The molecule has 0 aliphatic rings. The lowest BCUT2D eigenvalue weighted by molar-refractivity contribution is -0.138. The number of hydrogen-bond donors (Lipinski definition) is 0. The molecule has 1 nitrogen and oxygen atoms in total. The maximum absolute atomic E-state index is 13.3. The Hall–Kier alpha value is -4.52. The molecule has 0 bridgehead atoms. The predicted molar refractivity (Wildman–Crippen MR) is 160 cm³/mol. The molecule has 0 aliphatic heterocycles. The minimum absolute atomic E-state index is 0.00622. The Bertz CT molecular complexity index is 1820. The highest BCUT2D eigenvalue weighted by molar-refractivity contribution is 6.11. The molecule has 0 unspecified atom stereocenters. The number of halogens is 6. The quantitative estimate of drug-likeness (QED) is 0.182. The van der Waals surface area contributed by atoms with Gasteiger partial charge in [-0.3, -0.25) is 0 Å². The Morgan fingerprint density at radius 2 is 0.767 bits per heavy atom. The van der Waals surface area contributed by atoms with E-state index in [1.165, 1.54) is 29.8 Å². The standard InChI is InChI=1S/C36H27F6N/c1-34(2,3)26-10-4-22(5-11-26)24-8-18-32-30(20-24)31-21-25(23-6-12-27(13-7-23)35(37,38)39)9-19-33(31)43(32)29-16-14-28(15-17-29)36(40,41)42/h4-21H,1-3H3. The van der Waals surface area contributed by atoms with Gasteiger partial charge in [0.2, 0.25) is 0 Å². The van der Waals surface area contributed by atoms with E-state index in [1.54, 1.807) is 0 Å². The van der Waals surface area contributed by atoms with Crippen LogP contribution in [0.2, 0.25) is 0 Å². The number of rotatable bonds is 3. The molecule has 218 valence electrons. The maximum atomic E-state index is 13.3. The smallest absolute Gasteiger partial charge is 0.309 e. The Balaban J connectivity index is 1.54. The minimum Gasteiger partial charge on any atom is -0.309 e. The van der Waals surface area contributed by atoms with Crippen molar-refractivity contribution in [1.82, 2.24) is 4.57 Å². The van der Waals surface area contributed by atoms with Gasteiger partial charge in [-0.2, -0.15) is 26.3 Å². The van der Waals surface area contributed by atoms with E-state index in [9.17, 15) is 26.3 Å². The van der Waals surface area contributed by atoms with Gasteiger partial charge in [0.1, 0.15) is 0 Å². The molecule has 0 amide bonds. The summed E-state index contributed by atoms with van der Waals surface area (Å²) in [6.07, 6.45) is -8.88. The highest BCUT2D eigenvalue weighted by atomic mass is 19.4. The maximum Gasteiger partial charge on any atom is 0.416 e. The highest BCUT2D eigenvalue weighted by Gasteiger charge is 2.31. The van der Waals surface area contributed by atoms with Gasteiger partial charge < -0.3 is 4.57 Å². The average molecular weight is 588 g/mol. The summed E-state index contributed by atoms with van der Waals surface area (Å²) >= 11 is 0. The van der Waals surface area contributed by atoms with E-state index >= 15 is 0 Å². The van der Waals surface area contributed by atoms with Crippen LogP contribution in [0.5, 0.6) is 0 Å². The third-order valence-corrected chi connectivity index (χ3v) is 7.85. The van der Waals surface area contributed by atoms with Crippen molar-refractivity contribution in [3.8, 4) is 27.9 Å². The fourth-order valence-electron chi connectivity index (χ4n) is 5.47. The van der Waals surface area contributed by atoms with Crippen LogP contribution in [-0.2, 0) is 17.8 Å². The Labute approximate surface area is 245 Å². The van der Waals surface area contributed by atoms with Crippen LogP contribution in [0.1, 0.15) is 37.5 Å². The molecule has 1 aromatic heterocycles. The minimum atomic E-state index is -4.45. The lowest BCUT2D eigenvalue weighted by Crippen LogP contribution is -2.10. The van der Waals surface area contributed by atoms with E-state index < -0.39 is 23.5 Å². The number of alkyl halides is 6. The molecule has 0 fully saturated rings. The predicted octanol–water partition coefficient (Wildman–Crippen LogP) is 11.5. The fourth-order valence-corrected chi connectivity index (χ4v) is 5.47. The van der Waals surface area contributed by atoms with Crippen molar-refractivity contribution in [2.24, 2.45) is 0 Å². The zero-order valence-corrected chi connectivity index (χ0v) is 23.6. The third-order valence-electron chi connectivity index (χ3n) is 7.85. The largest absolute Gasteiger partial charge is 0.416 e. The average Bonchev–Trinajstić information content (AvgIpc) is 3.29. The second-order valence-corrected chi connectivity index (χ2v) is 11.7. The Morgan fingerprint density at radius 3 is 1.14 bits per heavy atom. The molecule has 0 aliphatic carbocycles. The topological polar surface area (TPSA) is 4.93 Å². The molecule has 43 heavy (non-hydrogen) atoms. The van der Waals surface area contributed by atoms with E-state index in [2.05, 4.69) is 51.1 Å². The van der Waals surface area contributed by atoms with E-state index in [0.29, 0.717) is 11.3 Å². The van der Waals surface area contributed by atoms with Gasteiger partial charge in [0.05, 0.1) is 22.2 Å². The molecule has 6 rings (SSSR count). The van der Waals surface area contributed by atoms with Gasteiger partial charge in [0, 0.05) is 16.5 Å². The second-order valence-electron chi connectivity index (χ2n) is 11.7.